The molecule has 7 aromatic carbocycles. The molecule has 0 aliphatic carbocycles. The SMILES string of the molecule is c1ccc(-c2cc(-c3cccc(-c4cccc5ccccc45)c3)nc(-c3cccc(-c4cccc5ccccc45)c3)c2)cc1. The van der Waals surface area contributed by atoms with Crippen LogP contribution in [-0.2, 0) is 0 Å². The number of nitrogens with zero attached hydrogens (tertiary/aromatic N) is 1. The van der Waals surface area contributed by atoms with E-state index in [9.17, 15) is 0 Å². The first-order valence-electron chi connectivity index (χ1n) is 15.0. The number of fused-ring (bicyclic) bond motifs is 2. The molecule has 0 aliphatic rings. The molecule has 0 amide bonds. The quantitative estimate of drug-likeness (QED) is 0.204. The van der Waals surface area contributed by atoms with Crippen LogP contribution >= 0.6 is 0 Å². The minimum absolute atomic E-state index is 0.957. The molecule has 0 unspecified atom stereocenters. The fourth-order valence-electron chi connectivity index (χ4n) is 6.27. The lowest BCUT2D eigenvalue weighted by molar-refractivity contribution is 1.32. The van der Waals surface area contributed by atoms with Crippen LogP contribution in [0.2, 0.25) is 0 Å². The maximum absolute atomic E-state index is 5.29. The van der Waals surface area contributed by atoms with Gasteiger partial charge in [0.2, 0.25) is 0 Å². The van der Waals surface area contributed by atoms with Gasteiger partial charge in [-0.2, -0.15) is 0 Å². The number of hydrogen-bond donors (Lipinski definition) is 0. The van der Waals surface area contributed by atoms with Crippen LogP contribution in [0.15, 0.2) is 176 Å². The molecule has 0 N–H and O–H groups in total. The summed E-state index contributed by atoms with van der Waals surface area (Å²) in [7, 11) is 0. The van der Waals surface area contributed by atoms with E-state index in [1.165, 1.54) is 49.4 Å². The Bertz CT molecular complexity index is 2130. The largest absolute Gasteiger partial charge is 0.248 e. The third kappa shape index (κ3) is 4.85. The summed E-state index contributed by atoms with van der Waals surface area (Å²) in [5.41, 5.74) is 11.3. The summed E-state index contributed by atoms with van der Waals surface area (Å²) in [6, 6.07) is 62.8. The van der Waals surface area contributed by atoms with Crippen molar-refractivity contribution in [3.8, 4) is 55.9 Å². The molecular weight excluding hydrogens is 530 g/mol. The highest BCUT2D eigenvalue weighted by Crippen LogP contribution is 2.36. The van der Waals surface area contributed by atoms with Crippen LogP contribution in [-0.4, -0.2) is 4.98 Å². The second-order valence-electron chi connectivity index (χ2n) is 11.2. The van der Waals surface area contributed by atoms with E-state index >= 15 is 0 Å². The zero-order valence-electron chi connectivity index (χ0n) is 24.2. The molecule has 1 aromatic heterocycles. The van der Waals surface area contributed by atoms with Crippen molar-refractivity contribution in [3.63, 3.8) is 0 Å². The average molecular weight is 560 g/mol. The van der Waals surface area contributed by atoms with E-state index < -0.39 is 0 Å². The second kappa shape index (κ2) is 11.1. The fourth-order valence-corrected chi connectivity index (χ4v) is 6.27. The maximum atomic E-state index is 5.29. The lowest BCUT2D eigenvalue weighted by Crippen LogP contribution is -1.92. The number of benzene rings is 7. The molecule has 0 radical (unpaired) electrons. The third-order valence-electron chi connectivity index (χ3n) is 8.45. The Balaban J connectivity index is 1.28. The molecule has 0 fully saturated rings. The summed E-state index contributed by atoms with van der Waals surface area (Å²) in [6.07, 6.45) is 0. The van der Waals surface area contributed by atoms with Gasteiger partial charge in [0.15, 0.2) is 0 Å². The molecular formula is C43H29N. The van der Waals surface area contributed by atoms with Gasteiger partial charge in [-0.1, -0.05) is 152 Å². The van der Waals surface area contributed by atoms with Gasteiger partial charge >= 0.3 is 0 Å². The van der Waals surface area contributed by atoms with Gasteiger partial charge in [0.1, 0.15) is 0 Å². The monoisotopic (exact) mass is 559 g/mol. The van der Waals surface area contributed by atoms with Gasteiger partial charge in [0.25, 0.3) is 0 Å². The topological polar surface area (TPSA) is 12.9 Å². The molecule has 1 heterocycles. The zero-order valence-corrected chi connectivity index (χ0v) is 24.2. The van der Waals surface area contributed by atoms with Crippen molar-refractivity contribution in [2.75, 3.05) is 0 Å². The highest BCUT2D eigenvalue weighted by atomic mass is 14.7. The van der Waals surface area contributed by atoms with E-state index in [0.29, 0.717) is 0 Å². The number of aromatic nitrogens is 1. The number of rotatable bonds is 5. The molecule has 0 spiro atoms. The van der Waals surface area contributed by atoms with Gasteiger partial charge < -0.3 is 0 Å². The van der Waals surface area contributed by atoms with E-state index in [-0.39, 0.29) is 0 Å². The highest BCUT2D eigenvalue weighted by molar-refractivity contribution is 5.98. The summed E-state index contributed by atoms with van der Waals surface area (Å²) in [4.78, 5) is 5.29. The predicted molar refractivity (Wildman–Crippen MR) is 186 cm³/mol. The Hall–Kier alpha value is -5.79. The van der Waals surface area contributed by atoms with Crippen molar-refractivity contribution in [1.82, 2.24) is 4.98 Å². The van der Waals surface area contributed by atoms with Gasteiger partial charge in [-0.15, -0.1) is 0 Å². The average Bonchev–Trinajstić information content (AvgIpc) is 3.11. The van der Waals surface area contributed by atoms with E-state index in [4.69, 9.17) is 4.98 Å². The Kier molecular flexibility index (Phi) is 6.55. The molecule has 0 bridgehead atoms. The molecule has 0 saturated heterocycles. The van der Waals surface area contributed by atoms with E-state index in [1.807, 2.05) is 0 Å². The van der Waals surface area contributed by atoms with Crippen molar-refractivity contribution in [3.05, 3.63) is 176 Å². The minimum atomic E-state index is 0.957. The number of hydrogen-bond acceptors (Lipinski definition) is 1. The Morgan fingerprint density at radius 3 is 1.23 bits per heavy atom. The maximum Gasteiger partial charge on any atom is 0.0715 e. The molecule has 0 saturated carbocycles. The van der Waals surface area contributed by atoms with Crippen molar-refractivity contribution in [2.45, 2.75) is 0 Å². The summed E-state index contributed by atoms with van der Waals surface area (Å²) in [5.74, 6) is 0. The normalized spacial score (nSPS) is 11.2. The summed E-state index contributed by atoms with van der Waals surface area (Å²) < 4.78 is 0. The van der Waals surface area contributed by atoms with E-state index in [0.717, 1.165) is 28.1 Å². The molecule has 1 nitrogen and oxygen atoms in total. The van der Waals surface area contributed by atoms with Crippen molar-refractivity contribution >= 4 is 21.5 Å². The predicted octanol–water partition coefficient (Wildman–Crippen LogP) is 11.7. The molecule has 8 rings (SSSR count). The molecule has 206 valence electrons. The minimum Gasteiger partial charge on any atom is -0.248 e. The Morgan fingerprint density at radius 2 is 0.682 bits per heavy atom. The first-order valence-corrected chi connectivity index (χ1v) is 15.0. The first kappa shape index (κ1) is 25.9. The lowest BCUT2D eigenvalue weighted by atomic mass is 9.94. The fraction of sp³-hybridized carbons (Fsp3) is 0. The van der Waals surface area contributed by atoms with Crippen LogP contribution < -0.4 is 0 Å². The lowest BCUT2D eigenvalue weighted by Gasteiger charge is -2.13. The van der Waals surface area contributed by atoms with Crippen molar-refractivity contribution in [2.24, 2.45) is 0 Å². The summed E-state index contributed by atoms with van der Waals surface area (Å²) in [5, 5.41) is 4.99. The van der Waals surface area contributed by atoms with Crippen LogP contribution in [0, 0.1) is 0 Å². The van der Waals surface area contributed by atoms with Gasteiger partial charge in [0, 0.05) is 11.1 Å². The second-order valence-corrected chi connectivity index (χ2v) is 11.2. The van der Waals surface area contributed by atoms with Crippen LogP contribution in [0.25, 0.3) is 77.4 Å². The third-order valence-corrected chi connectivity index (χ3v) is 8.45. The zero-order chi connectivity index (χ0) is 29.3. The number of pyridine rings is 1. The van der Waals surface area contributed by atoms with Crippen molar-refractivity contribution in [1.29, 1.82) is 0 Å². The standard InChI is InChI=1S/C43H29N/c1-2-12-30(13-3-1)37-28-42(35-20-8-18-33(26-35)40-24-10-16-31-14-4-6-22-38(31)40)44-43(29-37)36-21-9-19-34(27-36)41-25-11-17-32-15-5-7-23-39(32)41/h1-29H. The molecule has 0 aliphatic heterocycles. The van der Waals surface area contributed by atoms with Crippen LogP contribution in [0.3, 0.4) is 0 Å². The van der Waals surface area contributed by atoms with E-state index in [2.05, 4.69) is 176 Å². The van der Waals surface area contributed by atoms with Crippen LogP contribution in [0.4, 0.5) is 0 Å². The van der Waals surface area contributed by atoms with Gasteiger partial charge in [-0.3, -0.25) is 0 Å². The molecule has 0 atom stereocenters. The molecule has 44 heavy (non-hydrogen) atoms. The Morgan fingerprint density at radius 1 is 0.273 bits per heavy atom. The smallest absolute Gasteiger partial charge is 0.0715 e. The molecule has 8 aromatic rings. The summed E-state index contributed by atoms with van der Waals surface area (Å²) >= 11 is 0. The Labute approximate surface area is 257 Å². The van der Waals surface area contributed by atoms with E-state index in [1.54, 1.807) is 0 Å². The summed E-state index contributed by atoms with van der Waals surface area (Å²) in [6.45, 7) is 0. The highest BCUT2D eigenvalue weighted by Gasteiger charge is 2.12. The molecule has 1 heteroatoms. The van der Waals surface area contributed by atoms with Crippen LogP contribution in [0.1, 0.15) is 0 Å². The van der Waals surface area contributed by atoms with Gasteiger partial charge in [-0.05, 0) is 79.2 Å². The van der Waals surface area contributed by atoms with Gasteiger partial charge in [-0.25, -0.2) is 4.98 Å². The first-order chi connectivity index (χ1) is 21.8. The van der Waals surface area contributed by atoms with Crippen LogP contribution in [0.5, 0.6) is 0 Å². The van der Waals surface area contributed by atoms with Gasteiger partial charge in [0.05, 0.1) is 11.4 Å². The van der Waals surface area contributed by atoms with Crippen molar-refractivity contribution < 1.29 is 0 Å².